The molecule has 0 unspecified atom stereocenters. The zero-order valence-electron chi connectivity index (χ0n) is 17.2. The van der Waals surface area contributed by atoms with Crippen LogP contribution >= 0.6 is 0 Å². The van der Waals surface area contributed by atoms with Crippen LogP contribution < -0.4 is 10.6 Å². The summed E-state index contributed by atoms with van der Waals surface area (Å²) in [6, 6.07) is 22.5. The molecule has 8 nitrogen and oxygen atoms in total. The van der Waals surface area contributed by atoms with Crippen molar-refractivity contribution in [3.63, 3.8) is 0 Å². The predicted octanol–water partition coefficient (Wildman–Crippen LogP) is 3.64. The monoisotopic (exact) mass is 414 g/mol. The first-order valence-electron chi connectivity index (χ1n) is 9.83. The Morgan fingerprint density at radius 1 is 0.710 bits per heavy atom. The minimum atomic E-state index is -0.433. The van der Waals surface area contributed by atoms with Gasteiger partial charge in [-0.2, -0.15) is 10.2 Å². The summed E-state index contributed by atoms with van der Waals surface area (Å²) in [5.41, 5.74) is 3.15. The summed E-state index contributed by atoms with van der Waals surface area (Å²) in [6.07, 6.45) is -0.335. The fourth-order valence-corrected chi connectivity index (χ4v) is 3.23. The highest BCUT2D eigenvalue weighted by molar-refractivity contribution is 6.07. The Bertz CT molecular complexity index is 1120. The van der Waals surface area contributed by atoms with Gasteiger partial charge >= 0.3 is 0 Å². The zero-order chi connectivity index (χ0) is 21.8. The highest BCUT2D eigenvalue weighted by Crippen LogP contribution is 2.19. The van der Waals surface area contributed by atoms with Gasteiger partial charge in [0.05, 0.1) is 22.8 Å². The van der Waals surface area contributed by atoms with E-state index in [1.165, 1.54) is 0 Å². The topological polar surface area (TPSA) is 93.8 Å². The van der Waals surface area contributed by atoms with Crippen LogP contribution in [0.4, 0.5) is 11.6 Å². The average molecular weight is 414 g/mol. The second-order valence-corrected chi connectivity index (χ2v) is 7.11. The SMILES string of the molecule is Cc1cc(NC(=O)CC(=O)Nc2cc(C)nn2-c2ccccc2)n(-c2ccccc2)n1. The number of amides is 2. The third-order valence-corrected chi connectivity index (χ3v) is 4.52. The number of carbonyl (C=O) groups is 2. The fraction of sp³-hybridized carbons (Fsp3) is 0.130. The predicted molar refractivity (Wildman–Crippen MR) is 118 cm³/mol. The number of rotatable bonds is 6. The van der Waals surface area contributed by atoms with Crippen LogP contribution in [0, 0.1) is 13.8 Å². The average Bonchev–Trinajstić information content (AvgIpc) is 3.30. The number of carbonyl (C=O) groups excluding carboxylic acids is 2. The van der Waals surface area contributed by atoms with Gasteiger partial charge in [-0.3, -0.25) is 9.59 Å². The van der Waals surface area contributed by atoms with Crippen LogP contribution in [0.15, 0.2) is 72.8 Å². The summed E-state index contributed by atoms with van der Waals surface area (Å²) in [4.78, 5) is 25.1. The molecule has 2 N–H and O–H groups in total. The number of nitrogens with one attached hydrogen (secondary N) is 2. The van der Waals surface area contributed by atoms with Crippen LogP contribution in [0.2, 0.25) is 0 Å². The molecule has 0 aliphatic carbocycles. The van der Waals surface area contributed by atoms with E-state index >= 15 is 0 Å². The first-order chi connectivity index (χ1) is 15.0. The Morgan fingerprint density at radius 3 is 1.48 bits per heavy atom. The van der Waals surface area contributed by atoms with E-state index in [4.69, 9.17) is 0 Å². The van der Waals surface area contributed by atoms with Crippen LogP contribution in [-0.2, 0) is 9.59 Å². The van der Waals surface area contributed by atoms with Crippen LogP contribution in [0.3, 0.4) is 0 Å². The van der Waals surface area contributed by atoms with E-state index in [9.17, 15) is 9.59 Å². The third-order valence-electron chi connectivity index (χ3n) is 4.52. The van der Waals surface area contributed by atoms with Crippen molar-refractivity contribution in [1.29, 1.82) is 0 Å². The van der Waals surface area contributed by atoms with Gasteiger partial charge < -0.3 is 10.6 Å². The molecule has 0 radical (unpaired) electrons. The lowest BCUT2D eigenvalue weighted by Crippen LogP contribution is -2.23. The molecule has 0 fully saturated rings. The van der Waals surface area contributed by atoms with E-state index in [2.05, 4.69) is 20.8 Å². The Hall–Kier alpha value is -4.20. The smallest absolute Gasteiger partial charge is 0.234 e. The molecule has 0 saturated carbocycles. The lowest BCUT2D eigenvalue weighted by Gasteiger charge is -2.10. The van der Waals surface area contributed by atoms with Crippen molar-refractivity contribution < 1.29 is 9.59 Å². The maximum absolute atomic E-state index is 12.5. The molecule has 0 aliphatic rings. The maximum atomic E-state index is 12.5. The highest BCUT2D eigenvalue weighted by Gasteiger charge is 2.16. The van der Waals surface area contributed by atoms with Gasteiger partial charge in [-0.1, -0.05) is 36.4 Å². The minimum absolute atomic E-state index is 0.335. The van der Waals surface area contributed by atoms with Crippen molar-refractivity contribution in [2.24, 2.45) is 0 Å². The van der Waals surface area contributed by atoms with Gasteiger partial charge in [-0.15, -0.1) is 0 Å². The van der Waals surface area contributed by atoms with E-state index in [1.54, 1.807) is 21.5 Å². The number of para-hydroxylation sites is 2. The molecule has 0 atom stereocenters. The molecule has 4 aromatic rings. The van der Waals surface area contributed by atoms with Crippen molar-refractivity contribution >= 4 is 23.5 Å². The summed E-state index contributed by atoms with van der Waals surface area (Å²) < 4.78 is 3.28. The second kappa shape index (κ2) is 8.66. The van der Waals surface area contributed by atoms with Gasteiger partial charge in [0.1, 0.15) is 18.1 Å². The molecule has 2 aromatic heterocycles. The van der Waals surface area contributed by atoms with Gasteiger partial charge in [-0.25, -0.2) is 9.36 Å². The molecule has 0 spiro atoms. The molecule has 156 valence electrons. The van der Waals surface area contributed by atoms with Gasteiger partial charge in [0.2, 0.25) is 11.8 Å². The van der Waals surface area contributed by atoms with Crippen LogP contribution in [0.1, 0.15) is 17.8 Å². The molecule has 8 heteroatoms. The largest absolute Gasteiger partial charge is 0.310 e. The van der Waals surface area contributed by atoms with Gasteiger partial charge in [0, 0.05) is 12.1 Å². The van der Waals surface area contributed by atoms with Crippen molar-refractivity contribution in [2.75, 3.05) is 10.6 Å². The molecule has 2 amide bonds. The molecule has 4 rings (SSSR count). The van der Waals surface area contributed by atoms with Crippen molar-refractivity contribution in [1.82, 2.24) is 19.6 Å². The molecule has 2 aromatic carbocycles. The summed E-state index contributed by atoms with van der Waals surface area (Å²) in [5, 5.41) is 14.4. The molecular formula is C23H22N6O2. The number of hydrogen-bond acceptors (Lipinski definition) is 4. The van der Waals surface area contributed by atoms with Gasteiger partial charge in [0.25, 0.3) is 0 Å². The van der Waals surface area contributed by atoms with Gasteiger partial charge in [0.15, 0.2) is 0 Å². The number of aromatic nitrogens is 4. The standard InChI is InChI=1S/C23H22N6O2/c1-16-13-20(28(26-16)18-9-5-3-6-10-18)24-22(30)15-23(31)25-21-14-17(2)27-29(21)19-11-7-4-8-12-19/h3-14H,15H2,1-2H3,(H,24,30)(H,25,31). The molecule has 31 heavy (non-hydrogen) atoms. The zero-order valence-corrected chi connectivity index (χ0v) is 17.2. The Balaban J connectivity index is 1.45. The Morgan fingerprint density at radius 2 is 1.10 bits per heavy atom. The van der Waals surface area contributed by atoms with Crippen molar-refractivity contribution in [3.05, 3.63) is 84.2 Å². The number of anilines is 2. The summed E-state index contributed by atoms with van der Waals surface area (Å²) in [5.74, 6) is 0.146. The molecule has 0 saturated heterocycles. The molecular weight excluding hydrogens is 392 g/mol. The van der Waals surface area contributed by atoms with Gasteiger partial charge in [-0.05, 0) is 38.1 Å². The highest BCUT2D eigenvalue weighted by atomic mass is 16.2. The Kier molecular flexibility index (Phi) is 5.61. The third kappa shape index (κ3) is 4.69. The number of nitrogens with zero attached hydrogens (tertiary/aromatic N) is 4. The quantitative estimate of drug-likeness (QED) is 0.471. The van der Waals surface area contributed by atoms with E-state index in [-0.39, 0.29) is 6.42 Å². The van der Waals surface area contributed by atoms with E-state index in [0.717, 1.165) is 22.8 Å². The van der Waals surface area contributed by atoms with Crippen LogP contribution in [-0.4, -0.2) is 31.4 Å². The second-order valence-electron chi connectivity index (χ2n) is 7.11. The van der Waals surface area contributed by atoms with Crippen molar-refractivity contribution in [3.8, 4) is 11.4 Å². The molecule has 2 heterocycles. The minimum Gasteiger partial charge on any atom is -0.310 e. The fourth-order valence-electron chi connectivity index (χ4n) is 3.23. The van der Waals surface area contributed by atoms with Crippen LogP contribution in [0.25, 0.3) is 11.4 Å². The lowest BCUT2D eigenvalue weighted by molar-refractivity contribution is -0.123. The number of benzene rings is 2. The number of hydrogen-bond donors (Lipinski definition) is 2. The lowest BCUT2D eigenvalue weighted by atomic mass is 10.3. The summed E-state index contributed by atoms with van der Waals surface area (Å²) >= 11 is 0. The van der Waals surface area contributed by atoms with E-state index < -0.39 is 11.8 Å². The molecule has 0 bridgehead atoms. The summed E-state index contributed by atoms with van der Waals surface area (Å²) in [7, 11) is 0. The normalized spacial score (nSPS) is 10.6. The van der Waals surface area contributed by atoms with Crippen molar-refractivity contribution in [2.45, 2.75) is 20.3 Å². The van der Waals surface area contributed by atoms with E-state index in [0.29, 0.717) is 11.6 Å². The number of aryl methyl sites for hydroxylation is 2. The van der Waals surface area contributed by atoms with Crippen LogP contribution in [0.5, 0.6) is 0 Å². The molecule has 0 aliphatic heterocycles. The first-order valence-corrected chi connectivity index (χ1v) is 9.83. The first kappa shape index (κ1) is 20.1. The maximum Gasteiger partial charge on any atom is 0.234 e. The van der Waals surface area contributed by atoms with E-state index in [1.807, 2.05) is 74.5 Å². The summed E-state index contributed by atoms with van der Waals surface area (Å²) in [6.45, 7) is 3.68. The Labute approximate surface area is 179 Å².